The van der Waals surface area contributed by atoms with Gasteiger partial charge in [0.15, 0.2) is 0 Å². The summed E-state index contributed by atoms with van der Waals surface area (Å²) in [5, 5.41) is 3.97. The highest BCUT2D eigenvalue weighted by Gasteiger charge is 2.35. The molecule has 7 nitrogen and oxygen atoms in total. The first-order valence-electron chi connectivity index (χ1n) is 8.66. The van der Waals surface area contributed by atoms with Crippen LogP contribution in [0.2, 0.25) is 0 Å². The average molecular weight is 344 g/mol. The van der Waals surface area contributed by atoms with Gasteiger partial charge in [0.1, 0.15) is 0 Å². The summed E-state index contributed by atoms with van der Waals surface area (Å²) in [4.78, 5) is 22.9. The molecule has 2 atom stereocenters. The Morgan fingerprint density at radius 3 is 3.00 bits per heavy atom. The lowest BCUT2D eigenvalue weighted by atomic mass is 9.86. The highest BCUT2D eigenvalue weighted by Crippen LogP contribution is 2.28. The van der Waals surface area contributed by atoms with Crippen LogP contribution >= 0.6 is 0 Å². The van der Waals surface area contributed by atoms with Crippen molar-refractivity contribution in [2.24, 2.45) is 11.8 Å². The minimum atomic E-state index is -0.112. The molecule has 2 aromatic rings. The van der Waals surface area contributed by atoms with E-state index in [-0.39, 0.29) is 24.5 Å². The summed E-state index contributed by atoms with van der Waals surface area (Å²) in [5.74, 6) is 1.15. The van der Waals surface area contributed by atoms with E-state index < -0.39 is 0 Å². The molecule has 134 valence electrons. The molecule has 1 saturated heterocycles. The van der Waals surface area contributed by atoms with E-state index in [0.717, 1.165) is 25.0 Å². The van der Waals surface area contributed by atoms with E-state index in [1.165, 1.54) is 0 Å². The zero-order valence-electron chi connectivity index (χ0n) is 14.9. The van der Waals surface area contributed by atoms with Gasteiger partial charge in [0, 0.05) is 31.6 Å². The molecular weight excluding hydrogens is 320 g/mol. The maximum absolute atomic E-state index is 12.8. The lowest BCUT2D eigenvalue weighted by Crippen LogP contribution is -2.44. The summed E-state index contributed by atoms with van der Waals surface area (Å²) >= 11 is 0. The van der Waals surface area contributed by atoms with Gasteiger partial charge in [-0.05, 0) is 30.9 Å². The molecule has 3 rings (SSSR count). The second kappa shape index (κ2) is 7.74. The normalized spacial score (nSPS) is 20.6. The van der Waals surface area contributed by atoms with E-state index >= 15 is 0 Å². The third-order valence-electron chi connectivity index (χ3n) is 4.48. The van der Waals surface area contributed by atoms with Gasteiger partial charge < -0.3 is 14.2 Å². The number of rotatable bonds is 5. The lowest BCUT2D eigenvalue weighted by molar-refractivity contribution is -0.147. The molecule has 0 N–H and O–H groups in total. The van der Waals surface area contributed by atoms with Crippen molar-refractivity contribution in [3.05, 3.63) is 30.4 Å². The Hall–Kier alpha value is -2.28. The number of carbonyl (C=O) groups is 1. The Morgan fingerprint density at radius 1 is 1.44 bits per heavy atom. The molecule has 0 spiro atoms. The van der Waals surface area contributed by atoms with Crippen molar-refractivity contribution >= 4 is 5.91 Å². The number of aromatic nitrogens is 3. The second-order valence-electron chi connectivity index (χ2n) is 6.78. The summed E-state index contributed by atoms with van der Waals surface area (Å²) in [7, 11) is 1.77. The first-order valence-corrected chi connectivity index (χ1v) is 8.66. The number of pyridine rings is 1. The fraction of sp³-hybridized carbons (Fsp3) is 0.556. The van der Waals surface area contributed by atoms with Gasteiger partial charge in [0.25, 0.3) is 0 Å². The van der Waals surface area contributed by atoms with Crippen LogP contribution < -0.4 is 0 Å². The second-order valence-corrected chi connectivity index (χ2v) is 6.78. The van der Waals surface area contributed by atoms with Crippen molar-refractivity contribution in [3.63, 3.8) is 0 Å². The largest absolute Gasteiger partial charge is 0.377 e. The minimum Gasteiger partial charge on any atom is -0.377 e. The SMILES string of the molecule is CC(C)[C@@H]1OCCC[C@@H]1C(=O)N(C)Cc1nc(-c2cccnc2)no1. The monoisotopic (exact) mass is 344 g/mol. The highest BCUT2D eigenvalue weighted by atomic mass is 16.5. The fourth-order valence-corrected chi connectivity index (χ4v) is 3.22. The van der Waals surface area contributed by atoms with E-state index in [0.29, 0.717) is 17.6 Å². The molecule has 0 bridgehead atoms. The van der Waals surface area contributed by atoms with Crippen molar-refractivity contribution in [1.82, 2.24) is 20.0 Å². The zero-order valence-corrected chi connectivity index (χ0v) is 14.9. The summed E-state index contributed by atoms with van der Waals surface area (Å²) in [6.45, 7) is 5.20. The van der Waals surface area contributed by atoms with Gasteiger partial charge in [-0.25, -0.2) is 0 Å². The van der Waals surface area contributed by atoms with Crippen LogP contribution in [-0.2, 0) is 16.1 Å². The zero-order chi connectivity index (χ0) is 17.8. The Bertz CT molecular complexity index is 701. The van der Waals surface area contributed by atoms with Gasteiger partial charge in [-0.2, -0.15) is 4.98 Å². The number of ether oxygens (including phenoxy) is 1. The van der Waals surface area contributed by atoms with E-state index in [4.69, 9.17) is 9.26 Å². The Kier molecular flexibility index (Phi) is 5.43. The molecule has 0 radical (unpaired) electrons. The van der Waals surface area contributed by atoms with Gasteiger partial charge in [-0.1, -0.05) is 19.0 Å². The first kappa shape index (κ1) is 17.5. The standard InChI is InChI=1S/C18H24N4O3/c1-12(2)16-14(7-5-9-24-16)18(23)22(3)11-15-20-17(21-25-15)13-6-4-8-19-10-13/h4,6,8,10,12,14,16H,5,7,9,11H2,1-3H3/t14-,16-/m0/s1. The molecule has 0 aliphatic carbocycles. The van der Waals surface area contributed by atoms with Gasteiger partial charge >= 0.3 is 0 Å². The molecule has 1 amide bonds. The average Bonchev–Trinajstić information content (AvgIpc) is 3.10. The van der Waals surface area contributed by atoms with Crippen LogP contribution in [0.1, 0.15) is 32.6 Å². The molecule has 0 aromatic carbocycles. The molecule has 3 heterocycles. The van der Waals surface area contributed by atoms with Crippen LogP contribution in [0.25, 0.3) is 11.4 Å². The van der Waals surface area contributed by atoms with Crippen LogP contribution in [0.5, 0.6) is 0 Å². The Labute approximate surface area is 147 Å². The third-order valence-corrected chi connectivity index (χ3v) is 4.48. The van der Waals surface area contributed by atoms with Crippen LogP contribution in [0.15, 0.2) is 29.0 Å². The molecule has 1 fully saturated rings. The number of hydrogen-bond donors (Lipinski definition) is 0. The topological polar surface area (TPSA) is 81.4 Å². The van der Waals surface area contributed by atoms with Gasteiger partial charge in [0.05, 0.1) is 18.6 Å². The van der Waals surface area contributed by atoms with E-state index in [1.54, 1.807) is 24.3 Å². The summed E-state index contributed by atoms with van der Waals surface area (Å²) in [6.07, 6.45) is 5.11. The van der Waals surface area contributed by atoms with Crippen LogP contribution in [0, 0.1) is 11.8 Å². The van der Waals surface area contributed by atoms with Crippen LogP contribution in [-0.4, -0.2) is 45.7 Å². The number of hydrogen-bond acceptors (Lipinski definition) is 6. The number of nitrogens with zero attached hydrogens (tertiary/aromatic N) is 4. The molecule has 1 aliphatic heterocycles. The Balaban J connectivity index is 1.66. The molecule has 0 saturated carbocycles. The van der Waals surface area contributed by atoms with Gasteiger partial charge in [0.2, 0.25) is 17.6 Å². The number of carbonyl (C=O) groups excluding carboxylic acids is 1. The van der Waals surface area contributed by atoms with E-state index in [1.807, 2.05) is 12.1 Å². The number of amides is 1. The van der Waals surface area contributed by atoms with E-state index in [2.05, 4.69) is 29.0 Å². The van der Waals surface area contributed by atoms with Crippen LogP contribution in [0.3, 0.4) is 0 Å². The predicted octanol–water partition coefficient (Wildman–Crippen LogP) is 2.54. The molecule has 7 heteroatoms. The first-order chi connectivity index (χ1) is 12.1. The predicted molar refractivity (Wildman–Crippen MR) is 91.3 cm³/mol. The molecular formula is C18H24N4O3. The Morgan fingerprint density at radius 2 is 2.28 bits per heavy atom. The van der Waals surface area contributed by atoms with Crippen molar-refractivity contribution in [2.75, 3.05) is 13.7 Å². The summed E-state index contributed by atoms with van der Waals surface area (Å²) < 4.78 is 11.1. The van der Waals surface area contributed by atoms with Crippen LogP contribution in [0.4, 0.5) is 0 Å². The summed E-state index contributed by atoms with van der Waals surface area (Å²) in [5.41, 5.74) is 0.784. The van der Waals surface area contributed by atoms with Crippen molar-refractivity contribution < 1.29 is 14.1 Å². The molecule has 25 heavy (non-hydrogen) atoms. The van der Waals surface area contributed by atoms with Crippen molar-refractivity contribution in [1.29, 1.82) is 0 Å². The van der Waals surface area contributed by atoms with Gasteiger partial charge in [-0.15, -0.1) is 0 Å². The maximum atomic E-state index is 12.8. The third kappa shape index (κ3) is 4.04. The van der Waals surface area contributed by atoms with Crippen molar-refractivity contribution in [3.8, 4) is 11.4 Å². The summed E-state index contributed by atoms with van der Waals surface area (Å²) in [6, 6.07) is 3.68. The smallest absolute Gasteiger partial charge is 0.246 e. The van der Waals surface area contributed by atoms with Crippen molar-refractivity contribution in [2.45, 2.75) is 39.3 Å². The maximum Gasteiger partial charge on any atom is 0.246 e. The van der Waals surface area contributed by atoms with Gasteiger partial charge in [-0.3, -0.25) is 9.78 Å². The highest BCUT2D eigenvalue weighted by molar-refractivity contribution is 5.79. The molecule has 0 unspecified atom stereocenters. The molecule has 2 aromatic heterocycles. The minimum absolute atomic E-state index is 0.0302. The quantitative estimate of drug-likeness (QED) is 0.829. The fourth-order valence-electron chi connectivity index (χ4n) is 3.22. The van der Waals surface area contributed by atoms with E-state index in [9.17, 15) is 4.79 Å². The molecule has 1 aliphatic rings. The lowest BCUT2D eigenvalue weighted by Gasteiger charge is -2.35.